The molecular weight excluding hydrogens is 396 g/mol. The van der Waals surface area contributed by atoms with E-state index in [2.05, 4.69) is 30.9 Å². The molecule has 3 aromatic rings. The van der Waals surface area contributed by atoms with Gasteiger partial charge in [0.2, 0.25) is 0 Å². The van der Waals surface area contributed by atoms with E-state index in [0.717, 1.165) is 48.8 Å². The molecule has 6 N–H and O–H groups in total. The number of pyridine rings is 2. The molecule has 4 heterocycles. The number of aromatic nitrogens is 4. The summed E-state index contributed by atoms with van der Waals surface area (Å²) in [4.78, 5) is 20.8. The highest BCUT2D eigenvalue weighted by Gasteiger charge is 2.46. The Bertz CT molecular complexity index is 1080. The second kappa shape index (κ2) is 7.41. The molecule has 1 aliphatic heterocycles. The number of fused-ring (bicyclic) bond motifs is 1. The number of hydrogen-bond acceptors (Lipinski definition) is 9. The van der Waals surface area contributed by atoms with Crippen LogP contribution in [0.25, 0.3) is 0 Å². The lowest BCUT2D eigenvalue weighted by molar-refractivity contribution is 0.186. The van der Waals surface area contributed by atoms with Gasteiger partial charge in [0, 0.05) is 42.1 Å². The number of nitrogens with two attached hydrogens (primary N) is 3. The largest absolute Gasteiger partial charge is 0.397 e. The average Bonchev–Trinajstić information content (AvgIpc) is 3.03. The van der Waals surface area contributed by atoms with Crippen molar-refractivity contribution >= 4 is 29.1 Å². The van der Waals surface area contributed by atoms with Crippen LogP contribution >= 0.6 is 11.8 Å². The molecule has 0 amide bonds. The standard InChI is InChI=1S/C21H24N8S/c22-14-11-25-7-3-16(14)30-20-19(24)28-17(12-27-20)29-8-4-21(5-9-29)10-15-13(18(21)23)2-1-6-26-15/h1-3,6-7,11-12,18H,4-5,8-10,22-23H2,(H2,24,28)/t18-/m1/s1. The Labute approximate surface area is 179 Å². The Hall–Kier alpha value is -2.91. The van der Waals surface area contributed by atoms with Gasteiger partial charge in [0.25, 0.3) is 0 Å². The minimum atomic E-state index is 0.0455. The van der Waals surface area contributed by atoms with Crippen LogP contribution in [0.3, 0.4) is 0 Å². The molecule has 0 saturated carbocycles. The third-order valence-corrected chi connectivity index (χ3v) is 7.39. The number of nitrogens with zero attached hydrogens (tertiary/aromatic N) is 5. The van der Waals surface area contributed by atoms with Gasteiger partial charge in [0.15, 0.2) is 5.82 Å². The Morgan fingerprint density at radius 3 is 2.63 bits per heavy atom. The second-order valence-electron chi connectivity index (χ2n) is 7.98. The van der Waals surface area contributed by atoms with Crippen molar-refractivity contribution in [2.24, 2.45) is 11.1 Å². The molecule has 8 nitrogen and oxygen atoms in total. The summed E-state index contributed by atoms with van der Waals surface area (Å²) in [6, 6.07) is 5.98. The van der Waals surface area contributed by atoms with Crippen LogP contribution in [0, 0.1) is 5.41 Å². The van der Waals surface area contributed by atoms with Gasteiger partial charge in [-0.3, -0.25) is 9.97 Å². The first-order valence-corrected chi connectivity index (χ1v) is 10.8. The molecule has 5 rings (SSSR count). The molecule has 1 aliphatic carbocycles. The van der Waals surface area contributed by atoms with Gasteiger partial charge in [0.1, 0.15) is 10.8 Å². The van der Waals surface area contributed by atoms with E-state index in [9.17, 15) is 0 Å². The molecule has 1 atom stereocenters. The van der Waals surface area contributed by atoms with Crippen LogP contribution in [0.2, 0.25) is 0 Å². The summed E-state index contributed by atoms with van der Waals surface area (Å²) >= 11 is 1.40. The zero-order valence-electron chi connectivity index (χ0n) is 16.5. The quantitative estimate of drug-likeness (QED) is 0.584. The predicted octanol–water partition coefficient (Wildman–Crippen LogP) is 2.42. The fourth-order valence-corrected chi connectivity index (χ4v) is 5.29. The van der Waals surface area contributed by atoms with Gasteiger partial charge in [-0.1, -0.05) is 17.8 Å². The fraction of sp³-hybridized carbons (Fsp3) is 0.333. The molecule has 30 heavy (non-hydrogen) atoms. The normalized spacial score (nSPS) is 19.8. The van der Waals surface area contributed by atoms with Gasteiger partial charge in [-0.15, -0.1) is 0 Å². The van der Waals surface area contributed by atoms with Gasteiger partial charge in [-0.2, -0.15) is 0 Å². The van der Waals surface area contributed by atoms with Gasteiger partial charge in [-0.05, 0) is 42.4 Å². The van der Waals surface area contributed by atoms with Crippen LogP contribution in [0.5, 0.6) is 0 Å². The first-order valence-electron chi connectivity index (χ1n) is 10.00. The average molecular weight is 421 g/mol. The molecule has 3 aromatic heterocycles. The lowest BCUT2D eigenvalue weighted by Gasteiger charge is -2.42. The molecule has 154 valence electrons. The van der Waals surface area contributed by atoms with E-state index in [1.807, 2.05) is 18.3 Å². The molecule has 0 aromatic carbocycles. The summed E-state index contributed by atoms with van der Waals surface area (Å²) in [5, 5.41) is 0.643. The first kappa shape index (κ1) is 19.1. The number of piperidine rings is 1. The Morgan fingerprint density at radius 1 is 1.07 bits per heavy atom. The lowest BCUT2D eigenvalue weighted by atomic mass is 9.73. The van der Waals surface area contributed by atoms with E-state index >= 15 is 0 Å². The fourth-order valence-electron chi connectivity index (χ4n) is 4.53. The molecule has 0 radical (unpaired) electrons. The van der Waals surface area contributed by atoms with Crippen LogP contribution in [-0.2, 0) is 6.42 Å². The SMILES string of the molecule is Nc1cnccc1Sc1ncc(N2CCC3(CC2)Cc2ncccc2[C@H]3N)nc1N. The maximum absolute atomic E-state index is 6.65. The zero-order chi connectivity index (χ0) is 20.7. The number of rotatable bonds is 3. The van der Waals surface area contributed by atoms with E-state index in [4.69, 9.17) is 17.2 Å². The van der Waals surface area contributed by atoms with E-state index < -0.39 is 0 Å². The number of hydrogen-bond donors (Lipinski definition) is 3. The minimum absolute atomic E-state index is 0.0455. The summed E-state index contributed by atoms with van der Waals surface area (Å²) in [7, 11) is 0. The van der Waals surface area contributed by atoms with Crippen LogP contribution in [0.15, 0.2) is 52.9 Å². The molecular formula is C21H24N8S. The maximum atomic E-state index is 6.65. The van der Waals surface area contributed by atoms with Crippen molar-refractivity contribution < 1.29 is 0 Å². The highest BCUT2D eigenvalue weighted by Crippen LogP contribution is 2.50. The van der Waals surface area contributed by atoms with Gasteiger partial charge in [-0.25, -0.2) is 9.97 Å². The van der Waals surface area contributed by atoms with Crippen molar-refractivity contribution in [3.63, 3.8) is 0 Å². The van der Waals surface area contributed by atoms with Crippen molar-refractivity contribution in [1.29, 1.82) is 0 Å². The number of nitrogen functional groups attached to an aromatic ring is 2. The Balaban J connectivity index is 1.29. The molecule has 0 unspecified atom stereocenters. The van der Waals surface area contributed by atoms with Crippen molar-refractivity contribution in [2.45, 2.75) is 35.2 Å². The summed E-state index contributed by atoms with van der Waals surface area (Å²) < 4.78 is 0. The van der Waals surface area contributed by atoms with Gasteiger partial charge in [0.05, 0.1) is 18.1 Å². The summed E-state index contributed by atoms with van der Waals surface area (Å²) in [6.45, 7) is 1.75. The van der Waals surface area contributed by atoms with Crippen LogP contribution < -0.4 is 22.1 Å². The summed E-state index contributed by atoms with van der Waals surface area (Å²) in [5.41, 5.74) is 21.9. The maximum Gasteiger partial charge on any atom is 0.158 e. The Morgan fingerprint density at radius 2 is 1.90 bits per heavy atom. The first-order chi connectivity index (χ1) is 14.6. The predicted molar refractivity (Wildman–Crippen MR) is 118 cm³/mol. The van der Waals surface area contributed by atoms with Crippen LogP contribution in [0.4, 0.5) is 17.3 Å². The van der Waals surface area contributed by atoms with Crippen molar-refractivity contribution in [3.05, 3.63) is 54.2 Å². The van der Waals surface area contributed by atoms with Gasteiger partial charge < -0.3 is 22.1 Å². The molecule has 1 saturated heterocycles. The molecule has 1 spiro atoms. The lowest BCUT2D eigenvalue weighted by Crippen LogP contribution is -2.44. The number of anilines is 3. The third-order valence-electron chi connectivity index (χ3n) is 6.29. The monoisotopic (exact) mass is 420 g/mol. The second-order valence-corrected chi connectivity index (χ2v) is 9.01. The zero-order valence-corrected chi connectivity index (χ0v) is 17.3. The minimum Gasteiger partial charge on any atom is -0.397 e. The molecule has 0 bridgehead atoms. The van der Waals surface area contributed by atoms with Crippen molar-refractivity contribution in [3.8, 4) is 0 Å². The summed E-state index contributed by atoms with van der Waals surface area (Å²) in [6.07, 6.45) is 9.91. The van der Waals surface area contributed by atoms with Crippen molar-refractivity contribution in [2.75, 3.05) is 29.5 Å². The molecule has 1 fully saturated rings. The molecule has 9 heteroatoms. The van der Waals surface area contributed by atoms with E-state index in [1.165, 1.54) is 17.3 Å². The van der Waals surface area contributed by atoms with E-state index in [-0.39, 0.29) is 11.5 Å². The van der Waals surface area contributed by atoms with E-state index in [1.54, 1.807) is 18.6 Å². The van der Waals surface area contributed by atoms with Gasteiger partial charge >= 0.3 is 0 Å². The highest BCUT2D eigenvalue weighted by molar-refractivity contribution is 7.99. The van der Waals surface area contributed by atoms with Crippen molar-refractivity contribution in [1.82, 2.24) is 19.9 Å². The third kappa shape index (κ3) is 3.23. The van der Waals surface area contributed by atoms with Crippen LogP contribution in [-0.4, -0.2) is 33.0 Å². The highest BCUT2D eigenvalue weighted by atomic mass is 32.2. The van der Waals surface area contributed by atoms with E-state index in [0.29, 0.717) is 16.5 Å². The molecule has 2 aliphatic rings. The van der Waals surface area contributed by atoms with Crippen LogP contribution in [0.1, 0.15) is 30.1 Å². The topological polar surface area (TPSA) is 133 Å². The summed E-state index contributed by atoms with van der Waals surface area (Å²) in [5.74, 6) is 1.21. The Kier molecular flexibility index (Phi) is 4.71. The smallest absolute Gasteiger partial charge is 0.158 e.